The first-order chi connectivity index (χ1) is 27.1. The second kappa shape index (κ2) is 13.9. The van der Waals surface area contributed by atoms with E-state index in [0.717, 1.165) is 5.69 Å². The minimum Gasteiger partial charge on any atom is -0.311 e. The molecule has 256 valence electrons. The Labute approximate surface area is 339 Å². The zero-order valence-electron chi connectivity index (χ0n) is 34.1. The number of fused-ring (bicyclic) bond motifs is 6. The van der Waals surface area contributed by atoms with Crippen LogP contribution in [0.4, 0.5) is 17.1 Å². The van der Waals surface area contributed by atoms with Gasteiger partial charge in [-0.2, -0.15) is 0 Å². The van der Waals surface area contributed by atoms with Crippen LogP contribution in [-0.4, -0.2) is 70.6 Å². The summed E-state index contributed by atoms with van der Waals surface area (Å²) in [5.41, 5.74) is 21.1. The lowest BCUT2D eigenvalue weighted by Crippen LogP contribution is -2.57. The number of nitrogens with zero attached hydrogens (tertiary/aromatic N) is 1. The number of anilines is 3. The molecule has 9 rings (SSSR count). The lowest BCUT2D eigenvalue weighted by molar-refractivity contribution is 1.33. The van der Waals surface area contributed by atoms with Crippen molar-refractivity contribution in [2.75, 3.05) is 4.90 Å². The third-order valence-corrected chi connectivity index (χ3v) is 13.3. The van der Waals surface area contributed by atoms with Gasteiger partial charge in [0, 0.05) is 16.8 Å². The van der Waals surface area contributed by atoms with Gasteiger partial charge in [0.05, 0.1) is 5.69 Å². The summed E-state index contributed by atoms with van der Waals surface area (Å²) in [6.45, 7) is 0. The maximum atomic E-state index is 2.55. The summed E-state index contributed by atoms with van der Waals surface area (Å²) < 4.78 is 0. The van der Waals surface area contributed by atoms with Crippen molar-refractivity contribution < 1.29 is 0 Å². The van der Waals surface area contributed by atoms with Gasteiger partial charge in [0.15, 0.2) is 0 Å². The van der Waals surface area contributed by atoms with E-state index in [4.69, 9.17) is 0 Å². The smallest absolute Gasteiger partial charge is 0.141 e. The SMILES string of the molecule is Bc1c(B)c(B)c(-c2c(B)c(B)c(N(c3ccc(-c4cc5ccccc5c5ccccc45)cc3)c3cc4ccccc4c4ccccc34)c(B)c2B)c(B)c1B. The van der Waals surface area contributed by atoms with Crippen molar-refractivity contribution in [1.82, 2.24) is 0 Å². The minimum absolute atomic E-state index is 1.14. The summed E-state index contributed by atoms with van der Waals surface area (Å²) in [5, 5.41) is 10.1. The Balaban J connectivity index is 1.32. The molecule has 10 heteroatoms. The van der Waals surface area contributed by atoms with Crippen LogP contribution < -0.4 is 54.1 Å². The lowest BCUT2D eigenvalue weighted by atomic mass is 9.56. The summed E-state index contributed by atoms with van der Waals surface area (Å²) >= 11 is 0. The highest BCUT2D eigenvalue weighted by Gasteiger charge is 2.26. The van der Waals surface area contributed by atoms with Gasteiger partial charge in [-0.15, -0.1) is 16.4 Å². The maximum absolute atomic E-state index is 2.55. The maximum Gasteiger partial charge on any atom is 0.141 e. The Morgan fingerprint density at radius 3 is 1.25 bits per heavy atom. The molecule has 56 heavy (non-hydrogen) atoms. The van der Waals surface area contributed by atoms with Gasteiger partial charge in [-0.3, -0.25) is 0 Å². The summed E-state index contributed by atoms with van der Waals surface area (Å²) in [6, 6.07) is 49.4. The summed E-state index contributed by atoms with van der Waals surface area (Å²) in [5.74, 6) is 0. The molecule has 1 nitrogen and oxygen atoms in total. The van der Waals surface area contributed by atoms with Crippen LogP contribution in [-0.2, 0) is 0 Å². The zero-order valence-corrected chi connectivity index (χ0v) is 34.1. The molecule has 0 unspecified atom stereocenters. The Morgan fingerprint density at radius 2 is 0.714 bits per heavy atom. The van der Waals surface area contributed by atoms with Crippen molar-refractivity contribution >= 4 is 180 Å². The molecule has 0 heterocycles. The average Bonchev–Trinajstić information content (AvgIpc) is 3.24. The van der Waals surface area contributed by atoms with E-state index in [0.29, 0.717) is 0 Å². The van der Waals surface area contributed by atoms with E-state index in [2.05, 4.69) is 209 Å². The van der Waals surface area contributed by atoms with Crippen LogP contribution in [0.5, 0.6) is 0 Å². The first-order valence-electron chi connectivity index (χ1n) is 20.0. The monoisotopic (exact) mass is 705 g/mol. The molecule has 0 radical (unpaired) electrons. The number of benzene rings is 9. The molecule has 9 aromatic rings. The summed E-state index contributed by atoms with van der Waals surface area (Å²) in [6.07, 6.45) is 0. The molecular weight excluding hydrogens is 664 g/mol. The Kier molecular flexibility index (Phi) is 8.92. The van der Waals surface area contributed by atoms with Crippen LogP contribution in [0.1, 0.15) is 0 Å². The van der Waals surface area contributed by atoms with Crippen LogP contribution in [0, 0.1) is 0 Å². The molecule has 0 aliphatic rings. The van der Waals surface area contributed by atoms with Crippen LogP contribution in [0.3, 0.4) is 0 Å². The Morgan fingerprint density at radius 1 is 0.321 bits per heavy atom. The van der Waals surface area contributed by atoms with Gasteiger partial charge in [-0.05, 0) is 84.2 Å². The molecule has 0 aliphatic carbocycles. The van der Waals surface area contributed by atoms with Gasteiger partial charge < -0.3 is 4.90 Å². The molecular formula is C46H40B9N. The van der Waals surface area contributed by atoms with Crippen molar-refractivity contribution in [1.29, 1.82) is 0 Å². The highest BCUT2D eigenvalue weighted by Crippen LogP contribution is 2.42. The Bertz CT molecular complexity index is 3030. The molecule has 9 aromatic carbocycles. The van der Waals surface area contributed by atoms with Gasteiger partial charge in [-0.1, -0.05) is 142 Å². The van der Waals surface area contributed by atoms with Gasteiger partial charge >= 0.3 is 0 Å². The first-order valence-corrected chi connectivity index (χ1v) is 20.0. The fourth-order valence-corrected chi connectivity index (χ4v) is 9.57. The van der Waals surface area contributed by atoms with Crippen LogP contribution in [0.15, 0.2) is 133 Å². The molecule has 0 amide bonds. The molecule has 0 saturated heterocycles. The van der Waals surface area contributed by atoms with Gasteiger partial charge in [0.1, 0.15) is 70.6 Å². The van der Waals surface area contributed by atoms with Crippen molar-refractivity contribution in [3.8, 4) is 22.3 Å². The van der Waals surface area contributed by atoms with E-state index in [1.165, 1.54) is 126 Å². The predicted octanol–water partition coefficient (Wildman–Crippen LogP) is -2.57. The predicted molar refractivity (Wildman–Crippen MR) is 276 cm³/mol. The van der Waals surface area contributed by atoms with E-state index in [9.17, 15) is 0 Å². The fraction of sp³-hybridized carbons (Fsp3) is 0. The van der Waals surface area contributed by atoms with Crippen molar-refractivity contribution in [3.63, 3.8) is 0 Å². The third-order valence-electron chi connectivity index (χ3n) is 13.3. The molecule has 0 aliphatic heterocycles. The van der Waals surface area contributed by atoms with Gasteiger partial charge in [-0.25, -0.2) is 0 Å². The highest BCUT2D eigenvalue weighted by molar-refractivity contribution is 6.71. The van der Waals surface area contributed by atoms with Gasteiger partial charge in [0.2, 0.25) is 0 Å². The summed E-state index contributed by atoms with van der Waals surface area (Å²) in [4.78, 5) is 2.55. The van der Waals surface area contributed by atoms with E-state index < -0.39 is 0 Å². The largest absolute Gasteiger partial charge is 0.311 e. The standard InChI is InChI=1S/C46H40B9N/c47-37-35(38(48)42(52)43(53)41(37)51)36-39(49)44(54)46(45(55)40(36)50)56(34-22-25-10-2-4-12-28(25)30-14-7-8-16-32(30)34)26-19-17-23(18-20-26)33-21-24-9-1-3-11-27(24)29-13-5-6-15-31(29)33/h1-22H,47-55H2. The van der Waals surface area contributed by atoms with E-state index in [-0.39, 0.29) is 0 Å². The average molecular weight is 704 g/mol. The molecule has 0 N–H and O–H groups in total. The molecule has 0 fully saturated rings. The minimum atomic E-state index is 1.14. The molecule has 0 bridgehead atoms. The van der Waals surface area contributed by atoms with Crippen LogP contribution >= 0.6 is 0 Å². The number of rotatable bonds is 5. The number of hydrogen-bond acceptors (Lipinski definition) is 1. The topological polar surface area (TPSA) is 3.24 Å². The van der Waals surface area contributed by atoms with E-state index in [1.807, 2.05) is 0 Å². The van der Waals surface area contributed by atoms with Crippen LogP contribution in [0.25, 0.3) is 65.3 Å². The molecule has 0 aromatic heterocycles. The van der Waals surface area contributed by atoms with Crippen molar-refractivity contribution in [2.45, 2.75) is 0 Å². The van der Waals surface area contributed by atoms with Gasteiger partial charge in [0.25, 0.3) is 0 Å². The van der Waals surface area contributed by atoms with Crippen LogP contribution in [0.2, 0.25) is 0 Å². The third kappa shape index (κ3) is 5.52. The normalized spacial score (nSPS) is 11.5. The molecule has 0 saturated carbocycles. The first kappa shape index (κ1) is 36.1. The second-order valence-corrected chi connectivity index (χ2v) is 16.0. The molecule has 0 atom stereocenters. The quantitative estimate of drug-likeness (QED) is 0.141. The second-order valence-electron chi connectivity index (χ2n) is 16.0. The van der Waals surface area contributed by atoms with Crippen molar-refractivity contribution in [2.24, 2.45) is 0 Å². The zero-order chi connectivity index (χ0) is 39.0. The number of hydrogen-bond donors (Lipinski definition) is 0. The van der Waals surface area contributed by atoms with Crippen molar-refractivity contribution in [3.05, 3.63) is 133 Å². The fourth-order valence-electron chi connectivity index (χ4n) is 9.57. The summed E-state index contributed by atoms with van der Waals surface area (Å²) in [7, 11) is 20.8. The Hall–Kier alpha value is -5.60. The van der Waals surface area contributed by atoms with E-state index >= 15 is 0 Å². The lowest BCUT2D eigenvalue weighted by Gasteiger charge is -2.34. The van der Waals surface area contributed by atoms with E-state index in [1.54, 1.807) is 0 Å². The molecule has 0 spiro atoms. The highest BCUT2D eigenvalue weighted by atomic mass is 15.1.